The number of nitrogens with one attached hydrogen (secondary N) is 1. The third kappa shape index (κ3) is 2.55. The van der Waals surface area contributed by atoms with Gasteiger partial charge in [-0.05, 0) is 26.3 Å². The molecule has 6 heteroatoms. The molecule has 0 radical (unpaired) electrons. The third-order valence-corrected chi connectivity index (χ3v) is 3.83. The Morgan fingerprint density at radius 3 is 2.88 bits per heavy atom. The highest BCUT2D eigenvalue weighted by Gasteiger charge is 2.31. The molecule has 1 aromatic heterocycles. The van der Waals surface area contributed by atoms with Gasteiger partial charge in [0.2, 0.25) is 0 Å². The lowest BCUT2D eigenvalue weighted by atomic mass is 9.98. The number of fused-ring (bicyclic) bond motifs is 1. The lowest BCUT2D eigenvalue weighted by Gasteiger charge is -2.19. The molecule has 0 amide bonds. The molecule has 1 atom stereocenters. The van der Waals surface area contributed by atoms with E-state index in [1.165, 1.54) is 11.3 Å². The molecular weight excluding hydrogens is 237 g/mol. The lowest BCUT2D eigenvalue weighted by Crippen LogP contribution is -2.21. The van der Waals surface area contributed by atoms with Gasteiger partial charge >= 0.3 is 6.18 Å². The second kappa shape index (κ2) is 4.33. The Morgan fingerprint density at radius 2 is 2.25 bits per heavy atom. The molecule has 0 saturated heterocycles. The van der Waals surface area contributed by atoms with Gasteiger partial charge in [0.15, 0.2) is 0 Å². The molecule has 2 rings (SSSR count). The van der Waals surface area contributed by atoms with E-state index in [2.05, 4.69) is 10.3 Å². The molecule has 90 valence electrons. The summed E-state index contributed by atoms with van der Waals surface area (Å²) in [4.78, 5) is 5.14. The van der Waals surface area contributed by atoms with Crippen molar-refractivity contribution < 1.29 is 13.2 Å². The molecular formula is C10H13F3N2S. The Morgan fingerprint density at radius 1 is 1.50 bits per heavy atom. The van der Waals surface area contributed by atoms with Crippen LogP contribution in [0.5, 0.6) is 0 Å². The maximum atomic E-state index is 12.2. The number of nitrogens with zero attached hydrogens (tertiary/aromatic N) is 1. The highest BCUT2D eigenvalue weighted by Crippen LogP contribution is 2.34. The van der Waals surface area contributed by atoms with Gasteiger partial charge in [0, 0.05) is 4.88 Å². The van der Waals surface area contributed by atoms with Crippen molar-refractivity contribution in [1.29, 1.82) is 0 Å². The minimum absolute atomic E-state index is 0.127. The highest BCUT2D eigenvalue weighted by atomic mass is 32.1. The minimum atomic E-state index is -4.16. The number of hydrogen-bond acceptors (Lipinski definition) is 3. The van der Waals surface area contributed by atoms with E-state index in [4.69, 9.17) is 0 Å². The Balaban J connectivity index is 2.22. The first kappa shape index (κ1) is 11.9. The van der Waals surface area contributed by atoms with Crippen LogP contribution in [0, 0.1) is 0 Å². The first-order valence-electron chi connectivity index (χ1n) is 5.22. The van der Waals surface area contributed by atoms with Crippen LogP contribution in [0.3, 0.4) is 0 Å². The SMILES string of the molecule is CNC1CCCc2sc(CC(F)(F)F)nc21. The van der Waals surface area contributed by atoms with Crippen molar-refractivity contribution in [2.45, 2.75) is 37.9 Å². The number of aryl methyl sites for hydroxylation is 1. The molecule has 1 aromatic rings. The van der Waals surface area contributed by atoms with Crippen molar-refractivity contribution in [3.05, 3.63) is 15.6 Å². The first-order valence-corrected chi connectivity index (χ1v) is 6.04. The van der Waals surface area contributed by atoms with E-state index in [9.17, 15) is 13.2 Å². The molecule has 0 aromatic carbocycles. The van der Waals surface area contributed by atoms with Crippen molar-refractivity contribution in [3.8, 4) is 0 Å². The van der Waals surface area contributed by atoms with E-state index in [0.29, 0.717) is 0 Å². The summed E-state index contributed by atoms with van der Waals surface area (Å²) in [6.45, 7) is 0. The molecule has 1 N–H and O–H groups in total. The van der Waals surface area contributed by atoms with Gasteiger partial charge in [-0.2, -0.15) is 13.2 Å². The predicted octanol–water partition coefficient (Wildman–Crippen LogP) is 2.84. The smallest absolute Gasteiger partial charge is 0.312 e. The first-order chi connectivity index (χ1) is 7.49. The number of alkyl halides is 3. The van der Waals surface area contributed by atoms with Gasteiger partial charge in [0.1, 0.15) is 5.01 Å². The molecule has 1 unspecified atom stereocenters. The number of hydrogen-bond donors (Lipinski definition) is 1. The number of aromatic nitrogens is 1. The normalized spacial score (nSPS) is 20.9. The summed E-state index contributed by atoms with van der Waals surface area (Å²) in [6, 6.07) is 0.127. The van der Waals surface area contributed by atoms with Gasteiger partial charge in [0.25, 0.3) is 0 Å². The van der Waals surface area contributed by atoms with Crippen molar-refractivity contribution >= 4 is 11.3 Å². The van der Waals surface area contributed by atoms with Gasteiger partial charge in [-0.15, -0.1) is 11.3 Å². The Kier molecular flexibility index (Phi) is 3.21. The Labute approximate surface area is 95.9 Å². The fourth-order valence-electron chi connectivity index (χ4n) is 2.00. The summed E-state index contributed by atoms with van der Waals surface area (Å²) in [5.41, 5.74) is 0.831. The highest BCUT2D eigenvalue weighted by molar-refractivity contribution is 7.11. The zero-order valence-corrected chi connectivity index (χ0v) is 9.71. The minimum Gasteiger partial charge on any atom is -0.312 e. The van der Waals surface area contributed by atoms with Crippen molar-refractivity contribution in [1.82, 2.24) is 10.3 Å². The van der Waals surface area contributed by atoms with Crippen LogP contribution in [-0.2, 0) is 12.8 Å². The van der Waals surface area contributed by atoms with Crippen LogP contribution in [0.4, 0.5) is 13.2 Å². The van der Waals surface area contributed by atoms with Gasteiger partial charge in [0.05, 0.1) is 18.2 Å². The summed E-state index contributed by atoms with van der Waals surface area (Å²) < 4.78 is 36.7. The Hall–Kier alpha value is -0.620. The maximum Gasteiger partial charge on any atom is 0.395 e. The van der Waals surface area contributed by atoms with E-state index >= 15 is 0 Å². The topological polar surface area (TPSA) is 24.9 Å². The number of thiazole rings is 1. The van der Waals surface area contributed by atoms with Gasteiger partial charge in [-0.1, -0.05) is 0 Å². The lowest BCUT2D eigenvalue weighted by molar-refractivity contribution is -0.127. The van der Waals surface area contributed by atoms with E-state index in [1.54, 1.807) is 0 Å². The van der Waals surface area contributed by atoms with Crippen LogP contribution in [0.15, 0.2) is 0 Å². The molecule has 0 saturated carbocycles. The monoisotopic (exact) mass is 250 g/mol. The van der Waals surface area contributed by atoms with Crippen LogP contribution in [0.2, 0.25) is 0 Å². The zero-order chi connectivity index (χ0) is 11.8. The van der Waals surface area contributed by atoms with E-state index in [-0.39, 0.29) is 11.0 Å². The van der Waals surface area contributed by atoms with Gasteiger partial charge < -0.3 is 5.32 Å². The third-order valence-electron chi connectivity index (χ3n) is 2.70. The maximum absolute atomic E-state index is 12.2. The van der Waals surface area contributed by atoms with E-state index in [1.807, 2.05) is 7.05 Å². The molecule has 0 bridgehead atoms. The fraction of sp³-hybridized carbons (Fsp3) is 0.700. The zero-order valence-electron chi connectivity index (χ0n) is 8.90. The second-order valence-electron chi connectivity index (χ2n) is 3.94. The molecule has 16 heavy (non-hydrogen) atoms. The fourth-order valence-corrected chi connectivity index (χ4v) is 3.20. The summed E-state index contributed by atoms with van der Waals surface area (Å²) in [6.07, 6.45) is -2.22. The van der Waals surface area contributed by atoms with Crippen molar-refractivity contribution in [2.75, 3.05) is 7.05 Å². The molecule has 0 aliphatic heterocycles. The molecule has 0 spiro atoms. The summed E-state index contributed by atoms with van der Waals surface area (Å²) in [7, 11) is 1.82. The van der Waals surface area contributed by atoms with Crippen molar-refractivity contribution in [3.63, 3.8) is 0 Å². The quantitative estimate of drug-likeness (QED) is 0.873. The standard InChI is InChI=1S/C10H13F3N2S/c1-14-6-3-2-4-7-9(6)15-8(16-7)5-10(11,12)13/h6,14H,2-5H2,1H3. The molecule has 2 nitrogen and oxygen atoms in total. The van der Waals surface area contributed by atoms with Crippen LogP contribution < -0.4 is 5.32 Å². The average molecular weight is 250 g/mol. The molecule has 1 heterocycles. The summed E-state index contributed by atoms with van der Waals surface area (Å²) >= 11 is 1.21. The van der Waals surface area contributed by atoms with Crippen LogP contribution in [0.1, 0.15) is 34.5 Å². The average Bonchev–Trinajstić information content (AvgIpc) is 2.56. The number of halogens is 3. The summed E-state index contributed by atoms with van der Waals surface area (Å²) in [5.74, 6) is 0. The summed E-state index contributed by atoms with van der Waals surface area (Å²) in [5, 5.41) is 3.29. The van der Waals surface area contributed by atoms with Crippen LogP contribution in [0.25, 0.3) is 0 Å². The van der Waals surface area contributed by atoms with Crippen molar-refractivity contribution in [2.24, 2.45) is 0 Å². The number of rotatable bonds is 2. The second-order valence-corrected chi connectivity index (χ2v) is 5.11. The molecule has 1 aliphatic carbocycles. The van der Waals surface area contributed by atoms with E-state index < -0.39 is 12.6 Å². The molecule has 0 fully saturated rings. The predicted molar refractivity (Wildman–Crippen MR) is 56.6 cm³/mol. The van der Waals surface area contributed by atoms with Crippen LogP contribution >= 0.6 is 11.3 Å². The largest absolute Gasteiger partial charge is 0.395 e. The Bertz CT molecular complexity index is 373. The van der Waals surface area contributed by atoms with Crippen LogP contribution in [-0.4, -0.2) is 18.2 Å². The molecule has 1 aliphatic rings. The van der Waals surface area contributed by atoms with Gasteiger partial charge in [-0.25, -0.2) is 4.98 Å². The van der Waals surface area contributed by atoms with Gasteiger partial charge in [-0.3, -0.25) is 0 Å². The van der Waals surface area contributed by atoms with E-state index in [0.717, 1.165) is 29.8 Å².